The van der Waals surface area contributed by atoms with Crippen molar-refractivity contribution in [2.24, 2.45) is 0 Å². The summed E-state index contributed by atoms with van der Waals surface area (Å²) >= 11 is 12.2. The molecule has 0 saturated heterocycles. The first-order chi connectivity index (χ1) is 12.9. The minimum Gasteiger partial charge on any atom is -0.495 e. The number of carbonyl (C=O) groups excluding carboxylic acids is 1. The van der Waals surface area contributed by atoms with Gasteiger partial charge in [-0.1, -0.05) is 23.2 Å². The van der Waals surface area contributed by atoms with E-state index in [1.165, 1.54) is 20.2 Å². The molecule has 0 saturated carbocycles. The van der Waals surface area contributed by atoms with Crippen LogP contribution in [0.5, 0.6) is 5.75 Å². The highest BCUT2D eigenvalue weighted by Crippen LogP contribution is 2.37. The van der Waals surface area contributed by atoms with Gasteiger partial charge in [-0.05, 0) is 30.3 Å². The summed E-state index contributed by atoms with van der Waals surface area (Å²) in [5.41, 5.74) is 2.52. The van der Waals surface area contributed by atoms with Gasteiger partial charge in [-0.2, -0.15) is 5.26 Å². The smallest absolute Gasteiger partial charge is 0.221 e. The Kier molecular flexibility index (Phi) is 5.36. The summed E-state index contributed by atoms with van der Waals surface area (Å²) in [6, 6.07) is 10.5. The van der Waals surface area contributed by atoms with Crippen LogP contribution in [0.25, 0.3) is 10.9 Å². The number of rotatable bonds is 4. The van der Waals surface area contributed by atoms with E-state index >= 15 is 0 Å². The lowest BCUT2D eigenvalue weighted by molar-refractivity contribution is -0.114. The predicted octanol–water partition coefficient (Wildman–Crippen LogP) is 5.12. The van der Waals surface area contributed by atoms with Gasteiger partial charge in [-0.25, -0.2) is 0 Å². The molecule has 2 aromatic carbocycles. The normalized spacial score (nSPS) is 10.3. The van der Waals surface area contributed by atoms with Crippen LogP contribution in [0.2, 0.25) is 10.0 Å². The Bertz CT molecular complexity index is 1090. The van der Waals surface area contributed by atoms with Crippen LogP contribution in [-0.2, 0) is 4.79 Å². The van der Waals surface area contributed by atoms with Crippen molar-refractivity contribution in [2.75, 3.05) is 17.7 Å². The Balaban J connectivity index is 2.20. The van der Waals surface area contributed by atoms with E-state index in [4.69, 9.17) is 27.9 Å². The molecule has 1 heterocycles. The number of hydrogen-bond donors (Lipinski definition) is 2. The molecule has 0 atom stereocenters. The summed E-state index contributed by atoms with van der Waals surface area (Å²) < 4.78 is 5.38. The zero-order valence-corrected chi connectivity index (χ0v) is 15.9. The number of aromatic nitrogens is 1. The van der Waals surface area contributed by atoms with E-state index in [1.54, 1.807) is 30.3 Å². The molecule has 3 aromatic rings. The zero-order valence-electron chi connectivity index (χ0n) is 14.4. The highest BCUT2D eigenvalue weighted by molar-refractivity contribution is 6.36. The van der Waals surface area contributed by atoms with Crippen molar-refractivity contribution in [2.45, 2.75) is 6.92 Å². The number of anilines is 3. The Hall–Kier alpha value is -3.01. The monoisotopic (exact) mass is 400 g/mol. The van der Waals surface area contributed by atoms with Gasteiger partial charge in [0.25, 0.3) is 0 Å². The minimum atomic E-state index is -0.229. The van der Waals surface area contributed by atoms with E-state index in [0.717, 1.165) is 0 Å². The lowest BCUT2D eigenvalue weighted by Crippen LogP contribution is -2.07. The van der Waals surface area contributed by atoms with Gasteiger partial charge in [0.1, 0.15) is 11.8 Å². The molecular weight excluding hydrogens is 387 g/mol. The first-order valence-corrected chi connectivity index (χ1v) is 8.59. The van der Waals surface area contributed by atoms with E-state index in [1.807, 2.05) is 0 Å². The van der Waals surface area contributed by atoms with E-state index < -0.39 is 0 Å². The van der Waals surface area contributed by atoms with Crippen LogP contribution < -0.4 is 15.4 Å². The van der Waals surface area contributed by atoms with Crippen molar-refractivity contribution in [3.63, 3.8) is 0 Å². The Morgan fingerprint density at radius 2 is 2.00 bits per heavy atom. The van der Waals surface area contributed by atoms with Gasteiger partial charge < -0.3 is 15.4 Å². The fourth-order valence-electron chi connectivity index (χ4n) is 2.62. The molecule has 0 bridgehead atoms. The summed E-state index contributed by atoms with van der Waals surface area (Å²) in [7, 11) is 1.50. The summed E-state index contributed by atoms with van der Waals surface area (Å²) in [5, 5.41) is 16.9. The van der Waals surface area contributed by atoms with E-state index in [-0.39, 0.29) is 5.91 Å². The van der Waals surface area contributed by atoms with Gasteiger partial charge in [0.05, 0.1) is 40.3 Å². The lowest BCUT2D eigenvalue weighted by Gasteiger charge is -2.15. The lowest BCUT2D eigenvalue weighted by atomic mass is 10.1. The van der Waals surface area contributed by atoms with Gasteiger partial charge in [-0.3, -0.25) is 9.78 Å². The first-order valence-electron chi connectivity index (χ1n) is 7.83. The first kappa shape index (κ1) is 18.8. The summed E-state index contributed by atoms with van der Waals surface area (Å²) in [6.07, 6.45) is 1.46. The fourth-order valence-corrected chi connectivity index (χ4v) is 3.08. The number of benzene rings is 2. The van der Waals surface area contributed by atoms with Gasteiger partial charge in [0.2, 0.25) is 5.91 Å². The van der Waals surface area contributed by atoms with Crippen molar-refractivity contribution < 1.29 is 9.53 Å². The van der Waals surface area contributed by atoms with E-state index in [9.17, 15) is 10.1 Å². The molecule has 6 nitrogen and oxygen atoms in total. The third kappa shape index (κ3) is 3.90. The number of amides is 1. The third-order valence-corrected chi connectivity index (χ3v) is 4.36. The van der Waals surface area contributed by atoms with Gasteiger partial charge in [0.15, 0.2) is 0 Å². The minimum absolute atomic E-state index is 0.229. The van der Waals surface area contributed by atoms with Crippen LogP contribution in [0.4, 0.5) is 17.1 Å². The molecule has 1 amide bonds. The predicted molar refractivity (Wildman–Crippen MR) is 107 cm³/mol. The second-order valence-corrected chi connectivity index (χ2v) is 6.50. The topological polar surface area (TPSA) is 87.0 Å². The van der Waals surface area contributed by atoms with Crippen LogP contribution in [-0.4, -0.2) is 18.0 Å². The summed E-state index contributed by atoms with van der Waals surface area (Å²) in [6.45, 7) is 1.41. The molecule has 27 heavy (non-hydrogen) atoms. The number of nitriles is 1. The molecule has 0 aliphatic carbocycles. The second kappa shape index (κ2) is 7.70. The number of halogens is 2. The third-order valence-electron chi connectivity index (χ3n) is 3.81. The molecule has 0 spiro atoms. The van der Waals surface area contributed by atoms with E-state index in [2.05, 4.69) is 21.7 Å². The number of nitrogens with one attached hydrogen (secondary N) is 2. The van der Waals surface area contributed by atoms with Crippen LogP contribution >= 0.6 is 23.2 Å². The average molecular weight is 401 g/mol. The van der Waals surface area contributed by atoms with Gasteiger partial charge in [-0.15, -0.1) is 0 Å². The van der Waals surface area contributed by atoms with Crippen molar-refractivity contribution in [1.82, 2.24) is 4.98 Å². The zero-order chi connectivity index (χ0) is 19.6. The molecule has 0 radical (unpaired) electrons. The summed E-state index contributed by atoms with van der Waals surface area (Å²) in [4.78, 5) is 15.7. The van der Waals surface area contributed by atoms with E-state index in [0.29, 0.717) is 49.3 Å². The number of methoxy groups -OCH3 is 1. The van der Waals surface area contributed by atoms with Crippen LogP contribution in [0.1, 0.15) is 12.5 Å². The van der Waals surface area contributed by atoms with Gasteiger partial charge >= 0.3 is 0 Å². The van der Waals surface area contributed by atoms with Crippen molar-refractivity contribution in [3.8, 4) is 11.8 Å². The molecule has 1 aromatic heterocycles. The Morgan fingerprint density at radius 1 is 1.22 bits per heavy atom. The highest BCUT2D eigenvalue weighted by atomic mass is 35.5. The average Bonchev–Trinajstić information content (AvgIpc) is 2.63. The van der Waals surface area contributed by atoms with Crippen molar-refractivity contribution >= 4 is 57.1 Å². The van der Waals surface area contributed by atoms with Gasteiger partial charge in [0, 0.05) is 23.5 Å². The molecule has 2 N–H and O–H groups in total. The SMILES string of the molecule is COc1cc2c(Nc3ccc(Cl)cc3Cl)c(C#N)cnc2cc1NC(C)=O. The van der Waals surface area contributed by atoms with Crippen molar-refractivity contribution in [3.05, 3.63) is 52.1 Å². The second-order valence-electron chi connectivity index (χ2n) is 5.66. The maximum absolute atomic E-state index is 11.4. The highest BCUT2D eigenvalue weighted by Gasteiger charge is 2.15. The maximum Gasteiger partial charge on any atom is 0.221 e. The fraction of sp³-hybridized carbons (Fsp3) is 0.105. The van der Waals surface area contributed by atoms with Crippen LogP contribution in [0, 0.1) is 11.3 Å². The van der Waals surface area contributed by atoms with Crippen LogP contribution in [0.15, 0.2) is 36.5 Å². The molecule has 136 valence electrons. The van der Waals surface area contributed by atoms with Crippen LogP contribution in [0.3, 0.4) is 0 Å². The number of hydrogen-bond acceptors (Lipinski definition) is 5. The number of nitrogens with zero attached hydrogens (tertiary/aromatic N) is 2. The Labute approximate surface area is 165 Å². The number of fused-ring (bicyclic) bond motifs is 1. The molecule has 3 rings (SSSR count). The number of ether oxygens (including phenoxy) is 1. The molecule has 0 aliphatic rings. The maximum atomic E-state index is 11.4. The van der Waals surface area contributed by atoms with Crippen molar-refractivity contribution in [1.29, 1.82) is 5.26 Å². The largest absolute Gasteiger partial charge is 0.495 e. The molecule has 0 fully saturated rings. The number of carbonyl (C=O) groups is 1. The standard InChI is InChI=1S/C19H14Cl2N4O2/c1-10(26)24-17-7-16-13(6-18(17)27-2)19(11(8-22)9-23-16)25-15-4-3-12(20)5-14(15)21/h3-7,9H,1-2H3,(H,23,25)(H,24,26). The molecular formula is C19H14Cl2N4O2. The number of pyridine rings is 1. The Morgan fingerprint density at radius 3 is 2.63 bits per heavy atom. The summed E-state index contributed by atoms with van der Waals surface area (Å²) in [5.74, 6) is 0.215. The molecule has 0 aliphatic heterocycles. The molecule has 0 unspecified atom stereocenters. The quantitative estimate of drug-likeness (QED) is 0.633. The molecule has 8 heteroatoms.